The lowest BCUT2D eigenvalue weighted by molar-refractivity contribution is -0.137. The Morgan fingerprint density at radius 1 is 1.28 bits per heavy atom. The van der Waals surface area contributed by atoms with Gasteiger partial charge in [-0.05, 0) is 31.0 Å². The van der Waals surface area contributed by atoms with Crippen molar-refractivity contribution < 1.29 is 17.9 Å². The van der Waals surface area contributed by atoms with Crippen molar-refractivity contribution >= 4 is 0 Å². The molecule has 0 spiro atoms. The van der Waals surface area contributed by atoms with Crippen LogP contribution in [-0.4, -0.2) is 25.3 Å². The molecule has 1 fully saturated rings. The Bertz CT molecular complexity index is 380. The molecule has 0 aliphatic carbocycles. The lowest BCUT2D eigenvalue weighted by Gasteiger charge is -2.28. The van der Waals surface area contributed by atoms with Gasteiger partial charge < -0.3 is 10.1 Å². The van der Waals surface area contributed by atoms with Crippen LogP contribution >= 0.6 is 0 Å². The van der Waals surface area contributed by atoms with Crippen molar-refractivity contribution in [1.82, 2.24) is 5.32 Å². The molecule has 18 heavy (non-hydrogen) atoms. The van der Waals surface area contributed by atoms with Crippen LogP contribution in [-0.2, 0) is 17.3 Å². The third-order valence-electron chi connectivity index (χ3n) is 3.02. The van der Waals surface area contributed by atoms with Crippen molar-refractivity contribution in [2.75, 3.05) is 13.2 Å². The normalized spacial score (nSPS) is 25.1. The van der Waals surface area contributed by atoms with Crippen molar-refractivity contribution in [2.24, 2.45) is 0 Å². The predicted octanol–water partition coefficient (Wildman–Crippen LogP) is 2.62. The predicted molar refractivity (Wildman–Crippen MR) is 62.4 cm³/mol. The third kappa shape index (κ3) is 3.46. The van der Waals surface area contributed by atoms with E-state index in [1.807, 2.05) is 6.92 Å². The van der Waals surface area contributed by atoms with Crippen LogP contribution in [0.2, 0.25) is 0 Å². The minimum absolute atomic E-state index is 0.0398. The number of hydrogen-bond donors (Lipinski definition) is 1. The minimum Gasteiger partial charge on any atom is -0.375 e. The highest BCUT2D eigenvalue weighted by Gasteiger charge is 2.30. The monoisotopic (exact) mass is 259 g/mol. The highest BCUT2D eigenvalue weighted by molar-refractivity contribution is 5.25. The van der Waals surface area contributed by atoms with E-state index in [1.165, 1.54) is 12.1 Å². The summed E-state index contributed by atoms with van der Waals surface area (Å²) in [5.41, 5.74) is 0.256. The maximum atomic E-state index is 12.4. The fraction of sp³-hybridized carbons (Fsp3) is 0.538. The van der Waals surface area contributed by atoms with Gasteiger partial charge in [0.25, 0.3) is 0 Å². The van der Waals surface area contributed by atoms with Crippen LogP contribution in [0.15, 0.2) is 24.3 Å². The van der Waals surface area contributed by atoms with Crippen LogP contribution in [0.3, 0.4) is 0 Å². The number of ether oxygens (including phenoxy) is 1. The molecule has 0 radical (unpaired) electrons. The molecule has 1 aromatic rings. The van der Waals surface area contributed by atoms with Gasteiger partial charge in [0, 0.05) is 12.6 Å². The summed E-state index contributed by atoms with van der Waals surface area (Å²) in [6, 6.07) is 5.62. The Morgan fingerprint density at radius 3 is 2.44 bits per heavy atom. The van der Waals surface area contributed by atoms with Crippen LogP contribution in [0.25, 0.3) is 0 Å². The molecule has 1 N–H and O–H groups in total. The number of nitrogens with one attached hydrogen (secondary N) is 1. The first-order valence-corrected chi connectivity index (χ1v) is 5.96. The summed E-state index contributed by atoms with van der Waals surface area (Å²) in [5, 5.41) is 3.28. The molecule has 0 saturated carbocycles. The highest BCUT2D eigenvalue weighted by atomic mass is 19.4. The zero-order valence-corrected chi connectivity index (χ0v) is 10.1. The summed E-state index contributed by atoms with van der Waals surface area (Å²) in [6.45, 7) is 3.42. The van der Waals surface area contributed by atoms with Crippen molar-refractivity contribution in [3.8, 4) is 0 Å². The fourth-order valence-electron chi connectivity index (χ4n) is 1.95. The molecule has 2 nitrogen and oxygen atoms in total. The number of halogens is 3. The summed E-state index contributed by atoms with van der Waals surface area (Å²) in [4.78, 5) is 0. The minimum atomic E-state index is -4.27. The molecule has 1 aliphatic heterocycles. The molecule has 0 bridgehead atoms. The van der Waals surface area contributed by atoms with Crippen LogP contribution < -0.4 is 5.32 Å². The van der Waals surface area contributed by atoms with Crippen molar-refractivity contribution in [3.63, 3.8) is 0 Å². The molecule has 1 aliphatic rings. The zero-order chi connectivity index (χ0) is 13.2. The average molecular weight is 259 g/mol. The van der Waals surface area contributed by atoms with Gasteiger partial charge >= 0.3 is 6.18 Å². The van der Waals surface area contributed by atoms with Gasteiger partial charge in [0.05, 0.1) is 18.3 Å². The van der Waals surface area contributed by atoms with Crippen LogP contribution in [0.1, 0.15) is 18.1 Å². The third-order valence-corrected chi connectivity index (χ3v) is 3.02. The standard InChI is InChI=1S/C13H16F3NO/c1-9-8-18-12(7-17-9)6-10-2-4-11(5-3-10)13(14,15)16/h2-5,9,12,17H,6-8H2,1H3. The second-order valence-electron chi connectivity index (χ2n) is 4.66. The highest BCUT2D eigenvalue weighted by Crippen LogP contribution is 2.29. The average Bonchev–Trinajstić information content (AvgIpc) is 2.32. The van der Waals surface area contributed by atoms with Gasteiger partial charge in [-0.25, -0.2) is 0 Å². The van der Waals surface area contributed by atoms with Crippen LogP contribution in [0.4, 0.5) is 13.2 Å². The lowest BCUT2D eigenvalue weighted by atomic mass is 10.0. The number of morpholine rings is 1. The quantitative estimate of drug-likeness (QED) is 0.881. The van der Waals surface area contributed by atoms with Crippen LogP contribution in [0.5, 0.6) is 0 Å². The maximum absolute atomic E-state index is 12.4. The Kier molecular flexibility index (Phi) is 3.92. The van der Waals surface area contributed by atoms with E-state index < -0.39 is 11.7 Å². The molecule has 0 aromatic heterocycles. The molecule has 2 rings (SSSR count). The van der Waals surface area contributed by atoms with E-state index in [9.17, 15) is 13.2 Å². The molecule has 2 atom stereocenters. The first kappa shape index (κ1) is 13.4. The van der Waals surface area contributed by atoms with E-state index in [-0.39, 0.29) is 6.10 Å². The number of alkyl halides is 3. The Hall–Kier alpha value is -1.07. The van der Waals surface area contributed by atoms with Gasteiger partial charge in [0.15, 0.2) is 0 Å². The summed E-state index contributed by atoms with van der Waals surface area (Å²) in [6.07, 6.45) is -3.59. The number of hydrogen-bond acceptors (Lipinski definition) is 2. The van der Waals surface area contributed by atoms with E-state index in [2.05, 4.69) is 5.32 Å². The Balaban J connectivity index is 1.94. The van der Waals surface area contributed by atoms with E-state index in [0.717, 1.165) is 24.2 Å². The van der Waals surface area contributed by atoms with E-state index >= 15 is 0 Å². The van der Waals surface area contributed by atoms with Crippen molar-refractivity contribution in [1.29, 1.82) is 0 Å². The number of rotatable bonds is 2. The molecule has 0 amide bonds. The van der Waals surface area contributed by atoms with E-state index in [1.54, 1.807) is 0 Å². The Labute approximate surface area is 104 Å². The zero-order valence-electron chi connectivity index (χ0n) is 10.1. The second-order valence-corrected chi connectivity index (χ2v) is 4.66. The van der Waals surface area contributed by atoms with Gasteiger partial charge in [-0.2, -0.15) is 13.2 Å². The van der Waals surface area contributed by atoms with E-state index in [4.69, 9.17) is 4.74 Å². The van der Waals surface area contributed by atoms with Crippen molar-refractivity contribution in [3.05, 3.63) is 35.4 Å². The second kappa shape index (κ2) is 5.28. The smallest absolute Gasteiger partial charge is 0.375 e. The fourth-order valence-corrected chi connectivity index (χ4v) is 1.95. The van der Waals surface area contributed by atoms with Crippen molar-refractivity contribution in [2.45, 2.75) is 31.7 Å². The summed E-state index contributed by atoms with van der Waals surface area (Å²) >= 11 is 0. The van der Waals surface area contributed by atoms with Gasteiger partial charge in [-0.15, -0.1) is 0 Å². The summed E-state index contributed by atoms with van der Waals surface area (Å²) in [5.74, 6) is 0. The molecule has 100 valence electrons. The largest absolute Gasteiger partial charge is 0.416 e. The summed E-state index contributed by atoms with van der Waals surface area (Å²) in [7, 11) is 0. The molecule has 2 unspecified atom stereocenters. The lowest BCUT2D eigenvalue weighted by Crippen LogP contribution is -2.45. The molecular formula is C13H16F3NO. The number of benzene rings is 1. The molecule has 1 saturated heterocycles. The van der Waals surface area contributed by atoms with Gasteiger partial charge in [0.1, 0.15) is 0 Å². The van der Waals surface area contributed by atoms with Crippen LogP contribution in [0, 0.1) is 0 Å². The molecule has 1 aromatic carbocycles. The molecule has 1 heterocycles. The van der Waals surface area contributed by atoms with E-state index in [0.29, 0.717) is 19.1 Å². The SMILES string of the molecule is CC1COC(Cc2ccc(C(F)(F)F)cc2)CN1. The first-order chi connectivity index (χ1) is 8.45. The van der Waals surface area contributed by atoms with Gasteiger partial charge in [-0.1, -0.05) is 12.1 Å². The summed E-state index contributed by atoms with van der Waals surface area (Å²) < 4.78 is 42.8. The first-order valence-electron chi connectivity index (χ1n) is 5.96. The molecule has 5 heteroatoms. The van der Waals surface area contributed by atoms with Gasteiger partial charge in [-0.3, -0.25) is 0 Å². The topological polar surface area (TPSA) is 21.3 Å². The Morgan fingerprint density at radius 2 is 1.94 bits per heavy atom. The molecular weight excluding hydrogens is 243 g/mol. The maximum Gasteiger partial charge on any atom is 0.416 e. The van der Waals surface area contributed by atoms with Gasteiger partial charge in [0.2, 0.25) is 0 Å².